The Morgan fingerprint density at radius 1 is 0.618 bits per heavy atom. The van der Waals surface area contributed by atoms with Gasteiger partial charge in [-0.2, -0.15) is 0 Å². The lowest BCUT2D eigenvalue weighted by atomic mass is 9.90. The van der Waals surface area contributed by atoms with Gasteiger partial charge in [0.1, 0.15) is 41.3 Å². The molecular formula is C50H58Cl4N6O8. The van der Waals surface area contributed by atoms with Gasteiger partial charge < -0.3 is 44.0 Å². The summed E-state index contributed by atoms with van der Waals surface area (Å²) in [7, 11) is 3.21. The first-order chi connectivity index (χ1) is 32.4. The molecule has 68 heavy (non-hydrogen) atoms. The van der Waals surface area contributed by atoms with Crippen LogP contribution in [0, 0.1) is 0 Å². The van der Waals surface area contributed by atoms with Gasteiger partial charge >= 0.3 is 6.09 Å². The molecule has 0 aromatic heterocycles. The van der Waals surface area contributed by atoms with Crippen molar-refractivity contribution in [3.05, 3.63) is 129 Å². The molecule has 1 N–H and O–H groups in total. The van der Waals surface area contributed by atoms with Crippen molar-refractivity contribution in [2.75, 3.05) is 58.8 Å². The SMILES string of the molecule is COc1ccc(CN2CC(=O)N(Cc3ccc(Cl)cc3)C3(CCN(C(=O)OC(C)(C)C)C3)C2=O)cc1.COc1ccc(CN2CC(=O)N(Cc3ccc(Cl)cc3)C3(CCNC3)C2=O)cc1.ClCCl. The summed E-state index contributed by atoms with van der Waals surface area (Å²) in [6.45, 7) is 8.40. The lowest BCUT2D eigenvalue weighted by Gasteiger charge is -2.47. The average Bonchev–Trinajstić information content (AvgIpc) is 4.00. The van der Waals surface area contributed by atoms with Crippen LogP contribution in [0.5, 0.6) is 11.5 Å². The third-order valence-electron chi connectivity index (χ3n) is 12.3. The van der Waals surface area contributed by atoms with E-state index in [1.54, 1.807) is 66.7 Å². The number of halogens is 4. The van der Waals surface area contributed by atoms with Crippen LogP contribution in [0.3, 0.4) is 0 Å². The van der Waals surface area contributed by atoms with Crippen molar-refractivity contribution in [2.45, 2.75) is 76.5 Å². The molecule has 4 aliphatic rings. The molecule has 14 nitrogen and oxygen atoms in total. The van der Waals surface area contributed by atoms with Crippen LogP contribution >= 0.6 is 46.4 Å². The summed E-state index contributed by atoms with van der Waals surface area (Å²) in [5, 5.41) is 4.72. The number of likely N-dealkylation sites (tertiary alicyclic amines) is 1. The number of methoxy groups -OCH3 is 2. The number of rotatable bonds is 10. The number of ether oxygens (including phenoxy) is 3. The van der Waals surface area contributed by atoms with Gasteiger partial charge in [0.05, 0.1) is 26.1 Å². The Balaban J connectivity index is 0.000000216. The number of nitrogens with one attached hydrogen (secondary N) is 1. The smallest absolute Gasteiger partial charge is 0.410 e. The second kappa shape index (κ2) is 22.9. The highest BCUT2D eigenvalue weighted by atomic mass is 35.5. The highest BCUT2D eigenvalue weighted by Gasteiger charge is 2.57. The molecule has 2 atom stereocenters. The molecule has 8 rings (SSSR count). The van der Waals surface area contributed by atoms with Crippen LogP contribution in [0.25, 0.3) is 0 Å². The van der Waals surface area contributed by atoms with Crippen LogP contribution in [0.2, 0.25) is 10.0 Å². The fourth-order valence-corrected chi connectivity index (χ4v) is 9.13. The summed E-state index contributed by atoms with van der Waals surface area (Å²) >= 11 is 21.6. The van der Waals surface area contributed by atoms with Crippen molar-refractivity contribution in [3.8, 4) is 11.5 Å². The Labute approximate surface area is 418 Å². The molecule has 4 aliphatic heterocycles. The number of carbonyl (C=O) groups excluding carboxylic acids is 5. The van der Waals surface area contributed by atoms with Crippen LogP contribution in [0.15, 0.2) is 97.1 Å². The standard InChI is InChI=1S/C27H32ClN3O5.C22H24ClN3O3.CH2Cl2/c1-26(2,3)36-25(34)29-14-13-27(18-29)24(33)30(15-19-7-11-22(35-4)12-8-19)17-23(32)31(27)16-20-5-9-21(28)10-6-20;1-29-19-8-4-16(5-9-19)12-25-14-20(27)26(13-17-2-6-18(23)7-3-17)22(21(25)28)10-11-24-15-22;2-1-3/h5-12H,13-18H2,1-4H3;2-9,24H,10-15H2,1H3;1H2. The lowest BCUT2D eigenvalue weighted by molar-refractivity contribution is -0.165. The zero-order chi connectivity index (χ0) is 49.2. The van der Waals surface area contributed by atoms with E-state index < -0.39 is 22.8 Å². The van der Waals surface area contributed by atoms with Gasteiger partial charge in [-0.3, -0.25) is 19.2 Å². The third-order valence-corrected chi connectivity index (χ3v) is 12.8. The molecule has 364 valence electrons. The topological polar surface area (TPSA) is 141 Å². The van der Waals surface area contributed by atoms with Crippen LogP contribution < -0.4 is 14.8 Å². The van der Waals surface area contributed by atoms with Gasteiger partial charge in [0.15, 0.2) is 0 Å². The normalized spacial score (nSPS) is 20.3. The van der Waals surface area contributed by atoms with Gasteiger partial charge in [0.2, 0.25) is 11.8 Å². The van der Waals surface area contributed by atoms with Crippen molar-refractivity contribution in [1.82, 2.24) is 29.8 Å². The number of carbonyl (C=O) groups is 5. The van der Waals surface area contributed by atoms with E-state index in [1.807, 2.05) is 84.9 Å². The third kappa shape index (κ3) is 12.5. The highest BCUT2D eigenvalue weighted by molar-refractivity contribution is 6.40. The minimum atomic E-state index is -1.17. The molecule has 0 aliphatic carbocycles. The molecule has 4 aromatic carbocycles. The molecule has 2 spiro atoms. The summed E-state index contributed by atoms with van der Waals surface area (Å²) in [5.74, 6) is 1.13. The molecule has 0 radical (unpaired) electrons. The number of nitrogens with zero attached hydrogens (tertiary/aromatic N) is 5. The predicted molar refractivity (Wildman–Crippen MR) is 263 cm³/mol. The summed E-state index contributed by atoms with van der Waals surface area (Å²) in [6, 6.07) is 29.6. The molecule has 4 saturated heterocycles. The van der Waals surface area contributed by atoms with Crippen LogP contribution in [-0.2, 0) is 50.1 Å². The van der Waals surface area contributed by atoms with E-state index in [0.29, 0.717) is 61.4 Å². The Hall–Kier alpha value is -5.25. The molecule has 18 heteroatoms. The molecule has 0 saturated carbocycles. The zero-order valence-electron chi connectivity index (χ0n) is 38.9. The van der Waals surface area contributed by atoms with E-state index >= 15 is 0 Å². The number of benzene rings is 4. The zero-order valence-corrected chi connectivity index (χ0v) is 42.0. The summed E-state index contributed by atoms with van der Waals surface area (Å²) < 4.78 is 16.0. The molecular weight excluding hydrogens is 954 g/mol. The van der Waals surface area contributed by atoms with E-state index in [1.165, 1.54) is 4.90 Å². The molecule has 4 aromatic rings. The van der Waals surface area contributed by atoms with Gasteiger partial charge in [0, 0.05) is 49.3 Å². The summed E-state index contributed by atoms with van der Waals surface area (Å²) in [5.41, 5.74) is 1.02. The van der Waals surface area contributed by atoms with E-state index in [-0.39, 0.29) is 61.7 Å². The Morgan fingerprint density at radius 3 is 1.41 bits per heavy atom. The van der Waals surface area contributed by atoms with Crippen LogP contribution in [0.4, 0.5) is 4.79 Å². The van der Waals surface area contributed by atoms with E-state index in [2.05, 4.69) is 5.32 Å². The van der Waals surface area contributed by atoms with E-state index in [9.17, 15) is 24.0 Å². The van der Waals surface area contributed by atoms with Crippen molar-refractivity contribution in [3.63, 3.8) is 0 Å². The van der Waals surface area contributed by atoms with Crippen molar-refractivity contribution in [2.24, 2.45) is 0 Å². The Kier molecular flexibility index (Phi) is 17.6. The van der Waals surface area contributed by atoms with Crippen molar-refractivity contribution < 1.29 is 38.2 Å². The first kappa shape index (κ1) is 52.1. The van der Waals surface area contributed by atoms with Gasteiger partial charge in [-0.15, -0.1) is 23.2 Å². The minimum absolute atomic E-state index is 0.00637. The number of piperazine rings is 2. The molecule has 4 heterocycles. The number of amides is 5. The fourth-order valence-electron chi connectivity index (χ4n) is 8.88. The maximum absolute atomic E-state index is 14.0. The van der Waals surface area contributed by atoms with Gasteiger partial charge in [-0.1, -0.05) is 71.7 Å². The van der Waals surface area contributed by atoms with Crippen LogP contribution in [-0.4, -0.2) is 130 Å². The second-order valence-corrected chi connectivity index (χ2v) is 19.7. The largest absolute Gasteiger partial charge is 0.497 e. The Bertz CT molecular complexity index is 2380. The molecule has 0 bridgehead atoms. The van der Waals surface area contributed by atoms with Crippen molar-refractivity contribution >= 4 is 76.1 Å². The average molecular weight is 1010 g/mol. The quantitative estimate of drug-likeness (QED) is 0.157. The monoisotopic (exact) mass is 1010 g/mol. The first-order valence-corrected chi connectivity index (χ1v) is 24.0. The van der Waals surface area contributed by atoms with Crippen LogP contribution in [0.1, 0.15) is 55.9 Å². The van der Waals surface area contributed by atoms with E-state index in [0.717, 1.165) is 28.0 Å². The Morgan fingerprint density at radius 2 is 1.01 bits per heavy atom. The minimum Gasteiger partial charge on any atom is -0.497 e. The molecule has 4 fully saturated rings. The fraction of sp³-hybridized carbons (Fsp3) is 0.420. The van der Waals surface area contributed by atoms with Gasteiger partial charge in [-0.25, -0.2) is 4.79 Å². The first-order valence-electron chi connectivity index (χ1n) is 22.2. The molecule has 5 amide bonds. The number of alkyl halides is 2. The highest BCUT2D eigenvalue weighted by Crippen LogP contribution is 2.37. The van der Waals surface area contributed by atoms with Crippen molar-refractivity contribution in [1.29, 1.82) is 0 Å². The maximum Gasteiger partial charge on any atom is 0.410 e. The number of hydrogen-bond acceptors (Lipinski definition) is 9. The predicted octanol–water partition coefficient (Wildman–Crippen LogP) is 7.97. The summed E-state index contributed by atoms with van der Waals surface area (Å²) in [4.78, 5) is 75.3. The van der Waals surface area contributed by atoms with E-state index in [4.69, 9.17) is 60.6 Å². The second-order valence-electron chi connectivity index (χ2n) is 18.0. The molecule has 2 unspecified atom stereocenters. The maximum atomic E-state index is 14.0. The summed E-state index contributed by atoms with van der Waals surface area (Å²) in [6.07, 6.45) is 0.465. The number of hydrogen-bond donors (Lipinski definition) is 1. The lowest BCUT2D eigenvalue weighted by Crippen LogP contribution is -2.68. The van der Waals surface area contributed by atoms with Gasteiger partial charge in [0.25, 0.3) is 11.8 Å². The van der Waals surface area contributed by atoms with Gasteiger partial charge in [-0.05, 0) is 111 Å².